The molecule has 1 fully saturated rings. The molecule has 1 atom stereocenters. The first-order chi connectivity index (χ1) is 10.9. The van der Waals surface area contributed by atoms with Gasteiger partial charge >= 0.3 is 5.97 Å². The Morgan fingerprint density at radius 3 is 2.78 bits per heavy atom. The van der Waals surface area contributed by atoms with Crippen LogP contribution in [-0.2, 0) is 6.54 Å². The molecule has 2 heterocycles. The second-order valence-corrected chi connectivity index (χ2v) is 6.12. The van der Waals surface area contributed by atoms with Crippen molar-refractivity contribution in [1.82, 2.24) is 9.47 Å². The number of carbonyl (C=O) groups is 1. The summed E-state index contributed by atoms with van der Waals surface area (Å²) in [5, 5.41) is 9.56. The minimum absolute atomic E-state index is 0.000231. The summed E-state index contributed by atoms with van der Waals surface area (Å²) < 4.78 is 15.6. The van der Waals surface area contributed by atoms with Crippen molar-refractivity contribution in [1.29, 1.82) is 0 Å². The van der Waals surface area contributed by atoms with E-state index in [1.807, 2.05) is 7.05 Å². The summed E-state index contributed by atoms with van der Waals surface area (Å²) in [6.07, 6.45) is 1.99. The van der Waals surface area contributed by atoms with Crippen molar-refractivity contribution in [3.05, 3.63) is 45.6 Å². The predicted octanol–water partition coefficient (Wildman–Crippen LogP) is 2.24. The van der Waals surface area contributed by atoms with Gasteiger partial charge in [0.2, 0.25) is 0 Å². The molecule has 1 aliphatic rings. The molecule has 23 heavy (non-hydrogen) atoms. The molecule has 0 amide bonds. The number of rotatable bonds is 3. The lowest BCUT2D eigenvalue weighted by molar-refractivity contribution is 0.0697. The lowest BCUT2D eigenvalue weighted by atomic mass is 10.0. The molecule has 1 N–H and O–H groups in total. The Labute approximate surface area is 132 Å². The minimum Gasteiger partial charge on any atom is -0.478 e. The third-order valence-corrected chi connectivity index (χ3v) is 4.79. The van der Waals surface area contributed by atoms with Crippen molar-refractivity contribution in [2.24, 2.45) is 0 Å². The van der Waals surface area contributed by atoms with E-state index in [2.05, 4.69) is 4.90 Å². The quantitative estimate of drug-likeness (QED) is 0.943. The number of hydrogen-bond acceptors (Lipinski definition) is 3. The standard InChI is InChI=1S/C17H19FN2O3/c1-10-14(17(22)23)12-6-3-7-13(18)15(12)16(21)20(10)9-11-5-4-8-19(11)2/h3,6-7,11H,4-5,8-9H2,1-2H3,(H,22,23)/t11-/m0/s1. The van der Waals surface area contributed by atoms with Gasteiger partial charge in [0.05, 0.1) is 10.9 Å². The van der Waals surface area contributed by atoms with E-state index in [0.717, 1.165) is 19.4 Å². The first-order valence-electron chi connectivity index (χ1n) is 7.67. The SMILES string of the molecule is Cc1c(C(=O)O)c2cccc(F)c2c(=O)n1C[C@@H]1CCCN1C. The molecule has 5 nitrogen and oxygen atoms in total. The van der Waals surface area contributed by atoms with Gasteiger partial charge in [-0.2, -0.15) is 0 Å². The molecule has 0 aliphatic carbocycles. The van der Waals surface area contributed by atoms with Crippen LogP contribution in [0.1, 0.15) is 28.9 Å². The average Bonchev–Trinajstić information content (AvgIpc) is 2.88. The van der Waals surface area contributed by atoms with Crippen molar-refractivity contribution in [3.63, 3.8) is 0 Å². The summed E-state index contributed by atoms with van der Waals surface area (Å²) in [4.78, 5) is 26.6. The Morgan fingerprint density at radius 2 is 2.17 bits per heavy atom. The highest BCUT2D eigenvalue weighted by Crippen LogP contribution is 2.23. The van der Waals surface area contributed by atoms with E-state index in [0.29, 0.717) is 12.2 Å². The maximum atomic E-state index is 14.2. The maximum absolute atomic E-state index is 14.2. The Hall–Kier alpha value is -2.21. The molecule has 1 aromatic carbocycles. The number of pyridine rings is 1. The zero-order chi connectivity index (χ0) is 16.7. The molecule has 122 valence electrons. The molecule has 0 spiro atoms. The number of carboxylic acids is 1. The smallest absolute Gasteiger partial charge is 0.338 e. The van der Waals surface area contributed by atoms with Gasteiger partial charge in [-0.05, 0) is 39.4 Å². The lowest BCUT2D eigenvalue weighted by Crippen LogP contribution is -2.35. The third-order valence-electron chi connectivity index (χ3n) is 4.79. The second-order valence-electron chi connectivity index (χ2n) is 6.12. The Morgan fingerprint density at radius 1 is 1.43 bits per heavy atom. The Balaban J connectivity index is 2.27. The molecule has 0 unspecified atom stereocenters. The van der Waals surface area contributed by atoms with Crippen LogP contribution in [0.15, 0.2) is 23.0 Å². The van der Waals surface area contributed by atoms with Crippen molar-refractivity contribution in [2.75, 3.05) is 13.6 Å². The highest BCUT2D eigenvalue weighted by Gasteiger charge is 2.25. The molecule has 0 radical (unpaired) electrons. The highest BCUT2D eigenvalue weighted by atomic mass is 19.1. The Kier molecular flexibility index (Phi) is 3.93. The monoisotopic (exact) mass is 318 g/mol. The van der Waals surface area contributed by atoms with Gasteiger partial charge in [0.25, 0.3) is 5.56 Å². The molecule has 3 rings (SSSR count). The number of aromatic nitrogens is 1. The van der Waals surface area contributed by atoms with Gasteiger partial charge < -0.3 is 14.6 Å². The number of aromatic carboxylic acids is 1. The summed E-state index contributed by atoms with van der Waals surface area (Å²) in [5.41, 5.74) is -0.0819. The van der Waals surface area contributed by atoms with Gasteiger partial charge in [-0.25, -0.2) is 9.18 Å². The van der Waals surface area contributed by atoms with Crippen LogP contribution in [-0.4, -0.2) is 40.2 Å². The average molecular weight is 318 g/mol. The number of fused-ring (bicyclic) bond motifs is 1. The molecule has 1 aromatic heterocycles. The summed E-state index contributed by atoms with van der Waals surface area (Å²) in [5.74, 6) is -1.82. The molecule has 1 saturated heterocycles. The first-order valence-corrected chi connectivity index (χ1v) is 7.67. The molecule has 1 aliphatic heterocycles. The van der Waals surface area contributed by atoms with Crippen LogP contribution in [0.2, 0.25) is 0 Å². The molecule has 6 heteroatoms. The number of likely N-dealkylation sites (N-methyl/N-ethyl adjacent to an activating group) is 1. The molecular weight excluding hydrogens is 299 g/mol. The van der Waals surface area contributed by atoms with Crippen LogP contribution in [0, 0.1) is 12.7 Å². The van der Waals surface area contributed by atoms with Crippen LogP contribution < -0.4 is 5.56 Å². The highest BCUT2D eigenvalue weighted by molar-refractivity contribution is 6.04. The number of likely N-dealkylation sites (tertiary alicyclic amines) is 1. The number of hydrogen-bond donors (Lipinski definition) is 1. The van der Waals surface area contributed by atoms with Crippen molar-refractivity contribution in [3.8, 4) is 0 Å². The zero-order valence-electron chi connectivity index (χ0n) is 13.2. The van der Waals surface area contributed by atoms with Crippen LogP contribution >= 0.6 is 0 Å². The number of carboxylic acid groups (broad SMARTS) is 1. The van der Waals surface area contributed by atoms with Crippen LogP contribution in [0.4, 0.5) is 4.39 Å². The van der Waals surface area contributed by atoms with Crippen molar-refractivity contribution < 1.29 is 14.3 Å². The van der Waals surface area contributed by atoms with E-state index in [4.69, 9.17) is 0 Å². The zero-order valence-corrected chi connectivity index (χ0v) is 13.2. The van der Waals surface area contributed by atoms with E-state index in [1.54, 1.807) is 6.92 Å². The normalized spacial score (nSPS) is 18.7. The van der Waals surface area contributed by atoms with E-state index >= 15 is 0 Å². The first kappa shape index (κ1) is 15.7. The summed E-state index contributed by atoms with van der Waals surface area (Å²) in [6.45, 7) is 2.95. The topological polar surface area (TPSA) is 62.5 Å². The van der Waals surface area contributed by atoms with Crippen molar-refractivity contribution in [2.45, 2.75) is 32.4 Å². The molecule has 2 aromatic rings. The maximum Gasteiger partial charge on any atom is 0.338 e. The van der Waals surface area contributed by atoms with Gasteiger partial charge in [-0.3, -0.25) is 4.79 Å². The van der Waals surface area contributed by atoms with E-state index in [-0.39, 0.29) is 22.4 Å². The van der Waals surface area contributed by atoms with Gasteiger partial charge in [-0.1, -0.05) is 12.1 Å². The Bertz CT molecular complexity index is 844. The third kappa shape index (κ3) is 2.53. The molecular formula is C17H19FN2O3. The van der Waals surface area contributed by atoms with Crippen LogP contribution in [0.3, 0.4) is 0 Å². The van der Waals surface area contributed by atoms with Gasteiger partial charge in [0.15, 0.2) is 0 Å². The fourth-order valence-electron chi connectivity index (χ4n) is 3.48. The van der Waals surface area contributed by atoms with Crippen LogP contribution in [0.5, 0.6) is 0 Å². The fraction of sp³-hybridized carbons (Fsp3) is 0.412. The fourth-order valence-corrected chi connectivity index (χ4v) is 3.48. The van der Waals surface area contributed by atoms with Gasteiger partial charge in [-0.15, -0.1) is 0 Å². The molecule has 0 bridgehead atoms. The predicted molar refractivity (Wildman–Crippen MR) is 85.5 cm³/mol. The van der Waals surface area contributed by atoms with E-state index < -0.39 is 17.3 Å². The van der Waals surface area contributed by atoms with E-state index in [1.165, 1.54) is 22.8 Å². The van der Waals surface area contributed by atoms with Gasteiger partial charge in [0.1, 0.15) is 5.82 Å². The van der Waals surface area contributed by atoms with Crippen LogP contribution in [0.25, 0.3) is 10.8 Å². The minimum atomic E-state index is -1.15. The summed E-state index contributed by atoms with van der Waals surface area (Å²) in [6, 6.07) is 4.27. The number of halogens is 1. The summed E-state index contributed by atoms with van der Waals surface area (Å²) >= 11 is 0. The largest absolute Gasteiger partial charge is 0.478 e. The van der Waals surface area contributed by atoms with Gasteiger partial charge in [0, 0.05) is 23.7 Å². The number of benzene rings is 1. The summed E-state index contributed by atoms with van der Waals surface area (Å²) in [7, 11) is 1.98. The second kappa shape index (κ2) is 5.77. The molecule has 0 saturated carbocycles. The number of nitrogens with zero attached hydrogens (tertiary/aromatic N) is 2. The van der Waals surface area contributed by atoms with E-state index in [9.17, 15) is 19.1 Å². The lowest BCUT2D eigenvalue weighted by Gasteiger charge is -2.23. The van der Waals surface area contributed by atoms with Crippen molar-refractivity contribution >= 4 is 16.7 Å².